The quantitative estimate of drug-likeness (QED) is 0.813. The zero-order valence-corrected chi connectivity index (χ0v) is 10.1. The van der Waals surface area contributed by atoms with Gasteiger partial charge >= 0.3 is 0 Å². The fraction of sp³-hybridized carbons (Fsp3) is 0.125. The highest BCUT2D eigenvalue weighted by atomic mass is 16.5. The highest BCUT2D eigenvalue weighted by molar-refractivity contribution is 5.72. The van der Waals surface area contributed by atoms with Crippen LogP contribution in [0.15, 0.2) is 54.6 Å². The molecule has 2 aromatic rings. The average molecular weight is 240 g/mol. The molecule has 0 heterocycles. The molecule has 0 bridgehead atoms. The summed E-state index contributed by atoms with van der Waals surface area (Å²) < 4.78 is 5.47. The molecule has 1 N–H and O–H groups in total. The van der Waals surface area contributed by atoms with Crippen molar-refractivity contribution < 1.29 is 9.84 Å². The molecule has 0 amide bonds. The summed E-state index contributed by atoms with van der Waals surface area (Å²) in [7, 11) is 0. The third kappa shape index (κ3) is 3.47. The van der Waals surface area contributed by atoms with Gasteiger partial charge in [-0.15, -0.1) is 0 Å². The molecule has 2 nitrogen and oxygen atoms in total. The van der Waals surface area contributed by atoms with Crippen molar-refractivity contribution in [2.24, 2.45) is 0 Å². The predicted molar refractivity (Wildman–Crippen MR) is 74.4 cm³/mol. The molecule has 2 heteroatoms. The first-order chi connectivity index (χ1) is 8.90. The van der Waals surface area contributed by atoms with Gasteiger partial charge < -0.3 is 9.84 Å². The van der Waals surface area contributed by atoms with Crippen LogP contribution in [0.2, 0.25) is 0 Å². The van der Waals surface area contributed by atoms with Crippen molar-refractivity contribution >= 4 is 12.2 Å². The molecule has 0 saturated heterocycles. The average Bonchev–Trinajstić information content (AvgIpc) is 2.45. The first-order valence-electron chi connectivity index (χ1n) is 5.96. The number of ether oxygens (including phenoxy) is 1. The van der Waals surface area contributed by atoms with Crippen molar-refractivity contribution in [2.45, 2.75) is 0 Å². The SMILES string of the molecule is OCCOc1ccccc1C=Cc1ccccc1. The Morgan fingerprint density at radius 1 is 0.889 bits per heavy atom. The van der Waals surface area contributed by atoms with Gasteiger partial charge in [0, 0.05) is 5.56 Å². The van der Waals surface area contributed by atoms with Crippen LogP contribution in [-0.2, 0) is 0 Å². The molecule has 0 saturated carbocycles. The Labute approximate surface area is 107 Å². The van der Waals surface area contributed by atoms with E-state index in [-0.39, 0.29) is 6.61 Å². The molecule has 2 aromatic carbocycles. The molecule has 0 aliphatic carbocycles. The fourth-order valence-electron chi connectivity index (χ4n) is 1.66. The van der Waals surface area contributed by atoms with E-state index in [0.29, 0.717) is 6.61 Å². The summed E-state index contributed by atoms with van der Waals surface area (Å²) in [6.07, 6.45) is 4.06. The molecule has 0 unspecified atom stereocenters. The Balaban J connectivity index is 2.15. The van der Waals surface area contributed by atoms with Gasteiger partial charge in [0.15, 0.2) is 0 Å². The maximum Gasteiger partial charge on any atom is 0.126 e. The molecule has 0 fully saturated rings. The van der Waals surface area contributed by atoms with Gasteiger partial charge in [-0.2, -0.15) is 0 Å². The first-order valence-corrected chi connectivity index (χ1v) is 5.96. The molecule has 0 atom stereocenters. The Morgan fingerprint density at radius 3 is 2.39 bits per heavy atom. The monoisotopic (exact) mass is 240 g/mol. The zero-order valence-electron chi connectivity index (χ0n) is 10.1. The number of rotatable bonds is 5. The summed E-state index contributed by atoms with van der Waals surface area (Å²) in [4.78, 5) is 0. The Morgan fingerprint density at radius 2 is 1.61 bits per heavy atom. The predicted octanol–water partition coefficient (Wildman–Crippen LogP) is 3.23. The topological polar surface area (TPSA) is 29.5 Å². The van der Waals surface area contributed by atoms with Crippen LogP contribution >= 0.6 is 0 Å². The summed E-state index contributed by atoms with van der Waals surface area (Å²) in [5.41, 5.74) is 2.16. The molecule has 18 heavy (non-hydrogen) atoms. The van der Waals surface area contributed by atoms with E-state index in [9.17, 15) is 0 Å². The van der Waals surface area contributed by atoms with Crippen LogP contribution in [0.1, 0.15) is 11.1 Å². The van der Waals surface area contributed by atoms with E-state index in [4.69, 9.17) is 9.84 Å². The Bertz CT molecular complexity index is 504. The van der Waals surface area contributed by atoms with Gasteiger partial charge in [0.1, 0.15) is 12.4 Å². The minimum absolute atomic E-state index is 0.0245. The van der Waals surface area contributed by atoms with Crippen molar-refractivity contribution in [3.8, 4) is 5.75 Å². The van der Waals surface area contributed by atoms with E-state index in [2.05, 4.69) is 0 Å². The second kappa shape index (κ2) is 6.62. The lowest BCUT2D eigenvalue weighted by molar-refractivity contribution is 0.201. The van der Waals surface area contributed by atoms with E-state index in [1.54, 1.807) is 0 Å². The van der Waals surface area contributed by atoms with Crippen molar-refractivity contribution in [3.05, 3.63) is 65.7 Å². The van der Waals surface area contributed by atoms with E-state index in [1.807, 2.05) is 66.7 Å². The summed E-state index contributed by atoms with van der Waals surface area (Å²) in [5, 5.41) is 8.78. The molecule has 0 spiro atoms. The second-order valence-electron chi connectivity index (χ2n) is 3.85. The van der Waals surface area contributed by atoms with Crippen molar-refractivity contribution in [1.82, 2.24) is 0 Å². The molecule has 2 rings (SSSR count). The smallest absolute Gasteiger partial charge is 0.126 e. The van der Waals surface area contributed by atoms with Crippen LogP contribution in [0.25, 0.3) is 12.2 Å². The standard InChI is InChI=1S/C16H16O2/c17-12-13-18-16-9-5-4-8-15(16)11-10-14-6-2-1-3-7-14/h1-11,17H,12-13H2. The summed E-state index contributed by atoms with van der Waals surface area (Å²) in [5.74, 6) is 0.790. The number of hydrogen-bond acceptors (Lipinski definition) is 2. The molecule has 92 valence electrons. The van der Waals surface area contributed by atoms with Crippen molar-refractivity contribution in [3.63, 3.8) is 0 Å². The molecular weight excluding hydrogens is 224 g/mol. The van der Waals surface area contributed by atoms with Crippen LogP contribution in [0.5, 0.6) is 5.75 Å². The van der Waals surface area contributed by atoms with Crippen LogP contribution in [0.3, 0.4) is 0 Å². The molecule has 0 radical (unpaired) electrons. The van der Waals surface area contributed by atoms with Gasteiger partial charge in [0.05, 0.1) is 6.61 Å². The number of hydrogen-bond donors (Lipinski definition) is 1. The Hall–Kier alpha value is -2.06. The van der Waals surface area contributed by atoms with Crippen molar-refractivity contribution in [2.75, 3.05) is 13.2 Å². The lowest BCUT2D eigenvalue weighted by atomic mass is 10.1. The van der Waals surface area contributed by atoms with E-state index in [1.165, 1.54) is 0 Å². The largest absolute Gasteiger partial charge is 0.491 e. The lowest BCUT2D eigenvalue weighted by Crippen LogP contribution is -2.02. The van der Waals surface area contributed by atoms with E-state index >= 15 is 0 Å². The minimum atomic E-state index is 0.0245. The minimum Gasteiger partial charge on any atom is -0.491 e. The first kappa shape index (κ1) is 12.4. The van der Waals surface area contributed by atoms with Crippen LogP contribution in [0.4, 0.5) is 0 Å². The molecule has 0 aliphatic rings. The maximum absolute atomic E-state index is 8.78. The van der Waals surface area contributed by atoms with Crippen molar-refractivity contribution in [1.29, 1.82) is 0 Å². The molecular formula is C16H16O2. The molecule has 0 aromatic heterocycles. The second-order valence-corrected chi connectivity index (χ2v) is 3.85. The third-order valence-corrected chi connectivity index (χ3v) is 2.52. The van der Waals surface area contributed by atoms with E-state index in [0.717, 1.165) is 16.9 Å². The zero-order chi connectivity index (χ0) is 12.6. The van der Waals surface area contributed by atoms with Gasteiger partial charge in [0.25, 0.3) is 0 Å². The third-order valence-electron chi connectivity index (χ3n) is 2.52. The number of para-hydroxylation sites is 1. The van der Waals surface area contributed by atoms with Gasteiger partial charge in [-0.3, -0.25) is 0 Å². The highest BCUT2D eigenvalue weighted by Gasteiger charge is 1.98. The van der Waals surface area contributed by atoms with Crippen LogP contribution in [-0.4, -0.2) is 18.3 Å². The van der Waals surface area contributed by atoms with Gasteiger partial charge in [0.2, 0.25) is 0 Å². The number of benzene rings is 2. The fourth-order valence-corrected chi connectivity index (χ4v) is 1.66. The normalized spacial score (nSPS) is 10.7. The number of aliphatic hydroxyl groups excluding tert-OH is 1. The lowest BCUT2D eigenvalue weighted by Gasteiger charge is -2.07. The van der Waals surface area contributed by atoms with Crippen LogP contribution < -0.4 is 4.74 Å². The highest BCUT2D eigenvalue weighted by Crippen LogP contribution is 2.20. The Kier molecular flexibility index (Phi) is 4.56. The molecule has 0 aliphatic heterocycles. The van der Waals surface area contributed by atoms with Gasteiger partial charge in [-0.05, 0) is 11.6 Å². The van der Waals surface area contributed by atoms with E-state index < -0.39 is 0 Å². The summed E-state index contributed by atoms with van der Waals surface area (Å²) in [6.45, 7) is 0.340. The van der Waals surface area contributed by atoms with Crippen LogP contribution in [0, 0.1) is 0 Å². The summed E-state index contributed by atoms with van der Waals surface area (Å²) in [6, 6.07) is 17.9. The van der Waals surface area contributed by atoms with Gasteiger partial charge in [-0.1, -0.05) is 60.7 Å². The maximum atomic E-state index is 8.78. The van der Waals surface area contributed by atoms with Gasteiger partial charge in [-0.25, -0.2) is 0 Å². The number of aliphatic hydroxyl groups is 1. The summed E-state index contributed by atoms with van der Waals surface area (Å²) >= 11 is 0.